The number of hydrogen-bond acceptors (Lipinski definition) is 15. The lowest BCUT2D eigenvalue weighted by Gasteiger charge is -2.27. The summed E-state index contributed by atoms with van der Waals surface area (Å²) in [6.45, 7) is 1.49. The maximum atomic E-state index is 14.0. The van der Waals surface area contributed by atoms with E-state index in [4.69, 9.17) is 24.5 Å². The van der Waals surface area contributed by atoms with Gasteiger partial charge in [0, 0.05) is 12.8 Å². The molecule has 2 fully saturated rings. The fraction of sp³-hybridized carbons (Fsp3) is 0.652. The lowest BCUT2D eigenvalue weighted by molar-refractivity contribution is -0.149. The van der Waals surface area contributed by atoms with Crippen molar-refractivity contribution in [2.75, 3.05) is 32.3 Å². The highest BCUT2D eigenvalue weighted by Gasteiger charge is 2.54. The van der Waals surface area contributed by atoms with Crippen LogP contribution in [0.25, 0.3) is 11.2 Å². The minimum absolute atomic E-state index is 0.0942. The number of imide groups is 1. The lowest BCUT2D eigenvalue weighted by Crippen LogP contribution is -2.44. The standard InChI is InChI=1S/C23H35N8O10PS/c1-10(2)40-19(34)11(3)29-42(37,43-8-12-17(33)27-22(35)30(12)5)39-7-13-15(32)23(4,36)20(41-13)31-9-25-14-16(31)26-21(24)28-18(14)38-6/h9-13,15,20,32,36H,7-8H2,1-6H3,(H,29,37)(H2,24,26,28)(H,27,33,35)/t11-,12?,13+,15+,20+,23+,42-/m0/s1. The zero-order valence-electron chi connectivity index (χ0n) is 24.3. The molecule has 2 saturated heterocycles. The number of aliphatic hydroxyl groups excluding tert-OH is 1. The predicted octanol–water partition coefficient (Wildman–Crippen LogP) is -0.236. The number of fused-ring (bicyclic) bond motifs is 1. The van der Waals surface area contributed by atoms with Crippen molar-refractivity contribution in [3.63, 3.8) is 0 Å². The number of nitrogens with one attached hydrogen (secondary N) is 2. The molecule has 20 heteroatoms. The van der Waals surface area contributed by atoms with E-state index in [0.717, 1.165) is 4.90 Å². The summed E-state index contributed by atoms with van der Waals surface area (Å²) in [7, 11) is 2.79. The minimum Gasteiger partial charge on any atom is -0.479 e. The molecule has 18 nitrogen and oxygen atoms in total. The summed E-state index contributed by atoms with van der Waals surface area (Å²) < 4.78 is 37.5. The van der Waals surface area contributed by atoms with Gasteiger partial charge in [-0.2, -0.15) is 9.97 Å². The number of amides is 3. The Morgan fingerprint density at radius 3 is 2.65 bits per heavy atom. The smallest absolute Gasteiger partial charge is 0.327 e. The van der Waals surface area contributed by atoms with Crippen molar-refractivity contribution in [1.82, 2.24) is 34.8 Å². The zero-order chi connectivity index (χ0) is 31.9. The number of hydrogen-bond donors (Lipinski definition) is 5. The summed E-state index contributed by atoms with van der Waals surface area (Å²) in [5, 5.41) is 27.1. The quantitative estimate of drug-likeness (QED) is 0.114. The number of aromatic nitrogens is 4. The number of anilines is 1. The second-order valence-electron chi connectivity index (χ2n) is 10.5. The van der Waals surface area contributed by atoms with Crippen LogP contribution in [0.3, 0.4) is 0 Å². The Labute approximate surface area is 250 Å². The molecule has 2 aliphatic heterocycles. The van der Waals surface area contributed by atoms with E-state index >= 15 is 0 Å². The van der Waals surface area contributed by atoms with Crippen molar-refractivity contribution in [3.05, 3.63) is 6.33 Å². The van der Waals surface area contributed by atoms with Crippen LogP contribution >= 0.6 is 18.1 Å². The second-order valence-corrected chi connectivity index (χ2v) is 14.8. The fourth-order valence-corrected chi connectivity index (χ4v) is 8.43. The van der Waals surface area contributed by atoms with Crippen LogP contribution in [0.2, 0.25) is 0 Å². The van der Waals surface area contributed by atoms with Gasteiger partial charge in [-0.1, -0.05) is 11.4 Å². The molecule has 0 saturated carbocycles. The molecule has 2 aromatic heterocycles. The molecule has 4 rings (SSSR count). The molecule has 3 amide bonds. The van der Waals surface area contributed by atoms with Crippen LogP contribution in [-0.2, 0) is 28.2 Å². The van der Waals surface area contributed by atoms with E-state index in [1.165, 1.54) is 38.9 Å². The van der Waals surface area contributed by atoms with Crippen LogP contribution in [0.1, 0.15) is 33.9 Å². The summed E-state index contributed by atoms with van der Waals surface area (Å²) in [6.07, 6.45) is -3.16. The molecular weight excluding hydrogens is 611 g/mol. The number of nitrogen functional groups attached to an aromatic ring is 1. The van der Waals surface area contributed by atoms with E-state index in [0.29, 0.717) is 11.4 Å². The highest BCUT2D eigenvalue weighted by Crippen LogP contribution is 2.57. The molecule has 0 spiro atoms. The van der Waals surface area contributed by atoms with Gasteiger partial charge in [-0.3, -0.25) is 24.0 Å². The molecule has 2 aliphatic rings. The Morgan fingerprint density at radius 1 is 1.35 bits per heavy atom. The predicted molar refractivity (Wildman–Crippen MR) is 152 cm³/mol. The molecule has 238 valence electrons. The first kappa shape index (κ1) is 32.8. The van der Waals surface area contributed by atoms with Gasteiger partial charge in [0.1, 0.15) is 29.9 Å². The van der Waals surface area contributed by atoms with E-state index in [9.17, 15) is 29.2 Å². The Balaban J connectivity index is 1.54. The van der Waals surface area contributed by atoms with Crippen LogP contribution < -0.4 is 20.9 Å². The summed E-state index contributed by atoms with van der Waals surface area (Å²) in [4.78, 5) is 50.1. The van der Waals surface area contributed by atoms with E-state index in [-0.39, 0.29) is 28.7 Å². The van der Waals surface area contributed by atoms with Crippen molar-refractivity contribution in [1.29, 1.82) is 0 Å². The number of carbonyl (C=O) groups is 3. The van der Waals surface area contributed by atoms with Gasteiger partial charge in [-0.15, -0.1) is 0 Å². The molecule has 0 aliphatic carbocycles. The third kappa shape index (κ3) is 6.72. The Kier molecular flexibility index (Phi) is 9.55. The van der Waals surface area contributed by atoms with Gasteiger partial charge < -0.3 is 39.6 Å². The number of aliphatic hydroxyl groups is 2. The molecule has 0 aromatic carbocycles. The molecule has 43 heavy (non-hydrogen) atoms. The van der Waals surface area contributed by atoms with Crippen molar-refractivity contribution in [3.8, 4) is 5.88 Å². The fourth-order valence-electron chi connectivity index (χ4n) is 4.46. The summed E-state index contributed by atoms with van der Waals surface area (Å²) in [5.74, 6) is -1.46. The molecule has 0 bridgehead atoms. The number of esters is 1. The Hall–Kier alpha value is -3.06. The SMILES string of the molecule is COc1nc(N)nc2c1ncn2[C@@H]1O[C@H](CO[P@@](=O)(N[C@@H](C)C(=O)OC(C)C)SCC2C(=O)NC(=O)N2C)[C@@H](O)[C@@]1(C)O. The number of nitrogens with two attached hydrogens (primary N) is 1. The first-order chi connectivity index (χ1) is 20.1. The molecular formula is C23H35N8O10PS. The van der Waals surface area contributed by atoms with Crippen molar-refractivity contribution < 1.29 is 47.9 Å². The summed E-state index contributed by atoms with van der Waals surface area (Å²) in [6, 6.07) is -2.66. The monoisotopic (exact) mass is 646 g/mol. The summed E-state index contributed by atoms with van der Waals surface area (Å²) in [5.41, 5.74) is 4.27. The molecule has 1 unspecified atom stereocenters. The number of methoxy groups -OCH3 is 1. The highest BCUT2D eigenvalue weighted by molar-refractivity contribution is 8.56. The van der Waals surface area contributed by atoms with E-state index in [1.54, 1.807) is 13.8 Å². The van der Waals surface area contributed by atoms with Crippen LogP contribution in [0, 0.1) is 0 Å². The zero-order valence-corrected chi connectivity index (χ0v) is 26.0. The molecule has 2 aromatic rings. The van der Waals surface area contributed by atoms with E-state index < -0.39 is 73.5 Å². The first-order valence-electron chi connectivity index (χ1n) is 13.1. The maximum Gasteiger partial charge on any atom is 0.327 e. The number of rotatable bonds is 12. The third-order valence-corrected chi connectivity index (χ3v) is 10.9. The van der Waals surface area contributed by atoms with Gasteiger partial charge >= 0.3 is 18.7 Å². The van der Waals surface area contributed by atoms with Gasteiger partial charge in [-0.05, 0) is 27.7 Å². The number of likely N-dealkylation sites (N-methyl/N-ethyl adjacent to an activating group) is 1. The topological polar surface area (TPSA) is 243 Å². The number of imidazole rings is 1. The van der Waals surface area contributed by atoms with Crippen molar-refractivity contribution in [2.45, 2.75) is 69.9 Å². The second kappa shape index (κ2) is 12.5. The number of ether oxygens (including phenoxy) is 3. The van der Waals surface area contributed by atoms with Gasteiger partial charge in [0.2, 0.25) is 11.8 Å². The molecule has 0 radical (unpaired) electrons. The van der Waals surface area contributed by atoms with Crippen LogP contribution in [0.4, 0.5) is 10.7 Å². The third-order valence-electron chi connectivity index (χ3n) is 6.80. The Bertz CT molecular complexity index is 1440. The average Bonchev–Trinajstić information content (AvgIpc) is 3.52. The molecule has 7 atom stereocenters. The normalized spacial score (nSPS) is 27.9. The minimum atomic E-state index is -4.05. The maximum absolute atomic E-state index is 14.0. The number of urea groups is 1. The van der Waals surface area contributed by atoms with Gasteiger partial charge in [0.25, 0.3) is 5.91 Å². The number of nitrogens with zero attached hydrogens (tertiary/aromatic N) is 5. The van der Waals surface area contributed by atoms with Gasteiger partial charge in [0.15, 0.2) is 17.4 Å². The summed E-state index contributed by atoms with van der Waals surface area (Å²) >= 11 is 0.686. The Morgan fingerprint density at radius 2 is 2.05 bits per heavy atom. The van der Waals surface area contributed by atoms with E-state index in [1.807, 2.05) is 0 Å². The number of carbonyl (C=O) groups excluding carboxylic acids is 3. The first-order valence-corrected chi connectivity index (χ1v) is 16.3. The van der Waals surface area contributed by atoms with Crippen molar-refractivity contribution in [2.24, 2.45) is 0 Å². The van der Waals surface area contributed by atoms with Gasteiger partial charge in [0.05, 0.1) is 26.1 Å². The largest absolute Gasteiger partial charge is 0.479 e. The van der Waals surface area contributed by atoms with Crippen molar-refractivity contribution >= 4 is 53.1 Å². The average molecular weight is 647 g/mol. The van der Waals surface area contributed by atoms with Crippen LogP contribution in [0.5, 0.6) is 5.88 Å². The molecule has 6 N–H and O–H groups in total. The van der Waals surface area contributed by atoms with Crippen LogP contribution in [0.15, 0.2) is 6.33 Å². The van der Waals surface area contributed by atoms with Crippen LogP contribution in [-0.4, -0.2) is 115 Å². The highest BCUT2D eigenvalue weighted by atomic mass is 32.7. The lowest BCUT2D eigenvalue weighted by atomic mass is 9.96. The molecule has 4 heterocycles. The van der Waals surface area contributed by atoms with Gasteiger partial charge in [-0.25, -0.2) is 14.9 Å². The van der Waals surface area contributed by atoms with E-state index in [2.05, 4.69) is 25.4 Å².